The zero-order valence-corrected chi connectivity index (χ0v) is 13.3. The predicted octanol–water partition coefficient (Wildman–Crippen LogP) is 3.10. The van der Waals surface area contributed by atoms with E-state index in [1.807, 2.05) is 24.3 Å². The number of nitrogens with one attached hydrogen (secondary N) is 1. The van der Waals surface area contributed by atoms with Crippen LogP contribution in [0.1, 0.15) is 34.8 Å². The topological polar surface area (TPSA) is 56.8 Å². The molecule has 0 unspecified atom stereocenters. The quantitative estimate of drug-likeness (QED) is 0.922. The standard InChI is InChI=1S/C19H19NO4/c21-19(13-6-7-17-18(12-13)23-10-3-9-22-17)20-15-8-11-24-16-5-2-1-4-14(15)16/h1-2,4-7,12,15H,3,8-11H2,(H,20,21)/t15-/m1/s1. The Morgan fingerprint density at radius 1 is 0.917 bits per heavy atom. The minimum atomic E-state index is -0.118. The van der Waals surface area contributed by atoms with Gasteiger partial charge in [0.1, 0.15) is 5.75 Å². The van der Waals surface area contributed by atoms with Crippen LogP contribution in [0.5, 0.6) is 17.2 Å². The first-order valence-electron chi connectivity index (χ1n) is 8.23. The van der Waals surface area contributed by atoms with Crippen LogP contribution in [-0.2, 0) is 0 Å². The highest BCUT2D eigenvalue weighted by Gasteiger charge is 2.23. The molecule has 0 spiro atoms. The van der Waals surface area contributed by atoms with E-state index in [0.717, 1.165) is 24.2 Å². The van der Waals surface area contributed by atoms with E-state index >= 15 is 0 Å². The van der Waals surface area contributed by atoms with Crippen molar-refractivity contribution in [2.75, 3.05) is 19.8 Å². The van der Waals surface area contributed by atoms with Gasteiger partial charge in [-0.25, -0.2) is 0 Å². The Morgan fingerprint density at radius 3 is 2.62 bits per heavy atom. The molecule has 0 saturated heterocycles. The summed E-state index contributed by atoms with van der Waals surface area (Å²) in [6.45, 7) is 1.84. The lowest BCUT2D eigenvalue weighted by molar-refractivity contribution is 0.0924. The van der Waals surface area contributed by atoms with Crippen molar-refractivity contribution < 1.29 is 19.0 Å². The largest absolute Gasteiger partial charge is 0.493 e. The minimum Gasteiger partial charge on any atom is -0.493 e. The first kappa shape index (κ1) is 14.9. The highest BCUT2D eigenvalue weighted by molar-refractivity contribution is 5.95. The Morgan fingerprint density at radius 2 is 1.71 bits per heavy atom. The molecule has 0 aliphatic carbocycles. The van der Waals surface area contributed by atoms with E-state index in [1.165, 1.54) is 0 Å². The Labute approximate surface area is 140 Å². The van der Waals surface area contributed by atoms with E-state index in [-0.39, 0.29) is 11.9 Å². The van der Waals surface area contributed by atoms with Crippen LogP contribution in [0.3, 0.4) is 0 Å². The van der Waals surface area contributed by atoms with E-state index in [2.05, 4.69) is 5.32 Å². The summed E-state index contributed by atoms with van der Waals surface area (Å²) in [5.41, 5.74) is 1.59. The summed E-state index contributed by atoms with van der Waals surface area (Å²) in [6, 6.07) is 13.1. The van der Waals surface area contributed by atoms with Gasteiger partial charge in [0, 0.05) is 24.0 Å². The van der Waals surface area contributed by atoms with Crippen LogP contribution in [0.2, 0.25) is 0 Å². The lowest BCUT2D eigenvalue weighted by Crippen LogP contribution is -2.32. The first-order valence-corrected chi connectivity index (χ1v) is 8.23. The average molecular weight is 325 g/mol. The lowest BCUT2D eigenvalue weighted by Gasteiger charge is -2.26. The molecule has 4 rings (SSSR count). The van der Waals surface area contributed by atoms with Crippen LogP contribution in [0, 0.1) is 0 Å². The van der Waals surface area contributed by atoms with Gasteiger partial charge < -0.3 is 19.5 Å². The van der Waals surface area contributed by atoms with Gasteiger partial charge in [-0.1, -0.05) is 18.2 Å². The Bertz CT molecular complexity index is 759. The summed E-state index contributed by atoms with van der Waals surface area (Å²) >= 11 is 0. The molecule has 2 heterocycles. The SMILES string of the molecule is O=C(N[C@@H]1CCOc2ccccc21)c1ccc2c(c1)OCCCO2. The van der Waals surface area contributed by atoms with Gasteiger partial charge in [-0.3, -0.25) is 4.79 Å². The molecule has 5 heteroatoms. The van der Waals surface area contributed by atoms with Crippen LogP contribution >= 0.6 is 0 Å². The van der Waals surface area contributed by atoms with Gasteiger partial charge in [-0.05, 0) is 24.3 Å². The number of amides is 1. The van der Waals surface area contributed by atoms with Crippen molar-refractivity contribution in [1.82, 2.24) is 5.32 Å². The maximum atomic E-state index is 12.6. The smallest absolute Gasteiger partial charge is 0.251 e. The van der Waals surface area contributed by atoms with Gasteiger partial charge in [0.15, 0.2) is 11.5 Å². The molecule has 0 bridgehead atoms. The lowest BCUT2D eigenvalue weighted by atomic mass is 10.00. The molecule has 5 nitrogen and oxygen atoms in total. The molecule has 2 aliphatic rings. The Balaban J connectivity index is 1.54. The molecule has 1 amide bonds. The first-order chi connectivity index (χ1) is 11.8. The summed E-state index contributed by atoms with van der Waals surface area (Å²) in [6.07, 6.45) is 1.60. The van der Waals surface area contributed by atoms with Crippen molar-refractivity contribution >= 4 is 5.91 Å². The third kappa shape index (κ3) is 2.89. The summed E-state index contributed by atoms with van der Waals surface area (Å²) in [4.78, 5) is 12.6. The van der Waals surface area contributed by atoms with Crippen LogP contribution < -0.4 is 19.5 Å². The Hall–Kier alpha value is -2.69. The van der Waals surface area contributed by atoms with Crippen molar-refractivity contribution in [2.45, 2.75) is 18.9 Å². The molecule has 2 aromatic rings. The highest BCUT2D eigenvalue weighted by atomic mass is 16.5. The molecule has 1 atom stereocenters. The van der Waals surface area contributed by atoms with Gasteiger partial charge in [0.2, 0.25) is 0 Å². The molecule has 0 radical (unpaired) electrons. The Kier molecular flexibility index (Phi) is 3.99. The van der Waals surface area contributed by atoms with Crippen molar-refractivity contribution in [3.8, 4) is 17.2 Å². The molecule has 2 aliphatic heterocycles. The summed E-state index contributed by atoms with van der Waals surface area (Å²) in [7, 11) is 0. The molecular weight excluding hydrogens is 306 g/mol. The van der Waals surface area contributed by atoms with Crippen LogP contribution in [-0.4, -0.2) is 25.7 Å². The average Bonchev–Trinajstić information content (AvgIpc) is 2.86. The van der Waals surface area contributed by atoms with Gasteiger partial charge in [0.25, 0.3) is 5.91 Å². The molecule has 0 fully saturated rings. The van der Waals surface area contributed by atoms with Crippen LogP contribution in [0.15, 0.2) is 42.5 Å². The van der Waals surface area contributed by atoms with Crippen molar-refractivity contribution in [3.63, 3.8) is 0 Å². The third-order valence-electron chi connectivity index (χ3n) is 4.27. The maximum Gasteiger partial charge on any atom is 0.251 e. The fourth-order valence-electron chi connectivity index (χ4n) is 3.04. The number of carbonyl (C=O) groups is 1. The fourth-order valence-corrected chi connectivity index (χ4v) is 3.04. The van der Waals surface area contributed by atoms with Crippen LogP contribution in [0.4, 0.5) is 0 Å². The minimum absolute atomic E-state index is 0.0431. The third-order valence-corrected chi connectivity index (χ3v) is 4.27. The molecule has 2 aromatic carbocycles. The molecule has 1 N–H and O–H groups in total. The number of hydrogen-bond acceptors (Lipinski definition) is 4. The molecule has 0 aromatic heterocycles. The van der Waals surface area contributed by atoms with Gasteiger partial charge in [0.05, 0.1) is 25.9 Å². The monoisotopic (exact) mass is 325 g/mol. The van der Waals surface area contributed by atoms with E-state index < -0.39 is 0 Å². The van der Waals surface area contributed by atoms with E-state index in [4.69, 9.17) is 14.2 Å². The molecule has 124 valence electrons. The molecule has 24 heavy (non-hydrogen) atoms. The van der Waals surface area contributed by atoms with Crippen LogP contribution in [0.25, 0.3) is 0 Å². The number of rotatable bonds is 2. The second-order valence-corrected chi connectivity index (χ2v) is 5.91. The molecular formula is C19H19NO4. The molecule has 0 saturated carbocycles. The summed E-state index contributed by atoms with van der Waals surface area (Å²) in [5, 5.41) is 3.10. The highest BCUT2D eigenvalue weighted by Crippen LogP contribution is 2.33. The second-order valence-electron chi connectivity index (χ2n) is 5.91. The van der Waals surface area contributed by atoms with E-state index in [0.29, 0.717) is 36.9 Å². The summed E-state index contributed by atoms with van der Waals surface area (Å²) in [5.74, 6) is 2.05. The number of carbonyl (C=O) groups excluding carboxylic acids is 1. The normalized spacial score (nSPS) is 18.8. The zero-order valence-electron chi connectivity index (χ0n) is 13.3. The predicted molar refractivity (Wildman–Crippen MR) is 88.8 cm³/mol. The fraction of sp³-hybridized carbons (Fsp3) is 0.316. The zero-order chi connectivity index (χ0) is 16.4. The van der Waals surface area contributed by atoms with Gasteiger partial charge in [-0.2, -0.15) is 0 Å². The maximum absolute atomic E-state index is 12.6. The number of ether oxygens (including phenoxy) is 3. The summed E-state index contributed by atoms with van der Waals surface area (Å²) < 4.78 is 16.9. The van der Waals surface area contributed by atoms with Crippen molar-refractivity contribution in [1.29, 1.82) is 0 Å². The van der Waals surface area contributed by atoms with E-state index in [1.54, 1.807) is 18.2 Å². The van der Waals surface area contributed by atoms with Gasteiger partial charge in [-0.15, -0.1) is 0 Å². The number of benzene rings is 2. The van der Waals surface area contributed by atoms with Crippen molar-refractivity contribution in [2.24, 2.45) is 0 Å². The second kappa shape index (κ2) is 6.43. The number of para-hydroxylation sites is 1. The number of fused-ring (bicyclic) bond motifs is 2. The van der Waals surface area contributed by atoms with Crippen molar-refractivity contribution in [3.05, 3.63) is 53.6 Å². The van der Waals surface area contributed by atoms with E-state index in [9.17, 15) is 4.79 Å². The number of hydrogen-bond donors (Lipinski definition) is 1. The van der Waals surface area contributed by atoms with Gasteiger partial charge >= 0.3 is 0 Å².